The van der Waals surface area contributed by atoms with Crippen LogP contribution in [0.25, 0.3) is 0 Å². The normalized spacial score (nSPS) is 17.8. The van der Waals surface area contributed by atoms with Gasteiger partial charge in [-0.05, 0) is 0 Å². The van der Waals surface area contributed by atoms with Crippen LogP contribution in [0, 0.1) is 0 Å². The van der Waals surface area contributed by atoms with Crippen LogP contribution in [0.15, 0.2) is 0 Å². The summed E-state index contributed by atoms with van der Waals surface area (Å²) in [6.45, 7) is -0.688. The minimum atomic E-state index is -1.64. The van der Waals surface area contributed by atoms with Crippen molar-refractivity contribution in [1.29, 1.82) is 0 Å². The van der Waals surface area contributed by atoms with Crippen LogP contribution in [0.4, 0.5) is 0 Å². The molecule has 0 unspecified atom stereocenters. The second-order valence-electron chi connectivity index (χ2n) is 1.87. The molecule has 6 heteroatoms. The number of carbonyl (C=O) groups excluding carboxylic acids is 1. The summed E-state index contributed by atoms with van der Waals surface area (Å²) >= 11 is 0. The molecule has 5 nitrogen and oxygen atoms in total. The van der Waals surface area contributed by atoms with E-state index >= 15 is 0 Å². The van der Waals surface area contributed by atoms with E-state index in [1.165, 1.54) is 0 Å². The Morgan fingerprint density at radius 2 is 1.73 bits per heavy atom. The molecule has 0 spiro atoms. The van der Waals surface area contributed by atoms with Crippen molar-refractivity contribution >= 4 is 17.3 Å². The van der Waals surface area contributed by atoms with Gasteiger partial charge in [0, 0.05) is 11.0 Å². The number of aldehydes is 1. The third-order valence-electron chi connectivity index (χ3n) is 1.07. The molecule has 0 heterocycles. The molecule has 0 aromatic heterocycles. The second kappa shape index (κ2) is 6.44. The Morgan fingerprint density at radius 1 is 1.27 bits per heavy atom. The Morgan fingerprint density at radius 3 is 2.00 bits per heavy atom. The Bertz CT molecular complexity index is 109. The summed E-state index contributed by atoms with van der Waals surface area (Å²) in [7, 11) is 0. The number of aliphatic hydroxyl groups excluding tert-OH is 4. The zero-order valence-electron chi connectivity index (χ0n) is 5.71. The summed E-state index contributed by atoms with van der Waals surface area (Å²) in [5, 5.41) is 34.1. The molecule has 0 bridgehead atoms. The molecule has 0 rings (SSSR count). The van der Waals surface area contributed by atoms with Gasteiger partial charge in [0.15, 0.2) is 6.29 Å². The fourth-order valence-electron chi connectivity index (χ4n) is 0.416. The molecule has 0 aliphatic carbocycles. The predicted octanol–water partition coefficient (Wildman–Crippen LogP) is -3.12. The summed E-state index contributed by atoms with van der Waals surface area (Å²) < 4.78 is 0. The molecule has 64 valence electrons. The average molecular weight is 178 g/mol. The van der Waals surface area contributed by atoms with E-state index in [0.29, 0.717) is 0 Å². The van der Waals surface area contributed by atoms with Crippen molar-refractivity contribution < 1.29 is 25.2 Å². The molecule has 0 aromatic carbocycles. The van der Waals surface area contributed by atoms with E-state index in [4.69, 9.17) is 20.4 Å². The molecule has 0 aromatic rings. The Kier molecular flexibility index (Phi) is 7.80. The first-order valence-corrected chi connectivity index (χ1v) is 2.73. The molecule has 0 aliphatic heterocycles. The lowest BCUT2D eigenvalue weighted by Gasteiger charge is -2.16. The van der Waals surface area contributed by atoms with Gasteiger partial charge in [-0.1, -0.05) is 0 Å². The average Bonchev–Trinajstić information content (AvgIpc) is 2.00. The van der Waals surface area contributed by atoms with Crippen molar-refractivity contribution in [2.75, 3.05) is 6.61 Å². The monoisotopic (exact) mass is 178 g/mol. The Hall–Kier alpha value is -0.273. The van der Waals surface area contributed by atoms with Crippen molar-refractivity contribution in [1.82, 2.24) is 0 Å². The van der Waals surface area contributed by atoms with Gasteiger partial charge in [-0.2, -0.15) is 0 Å². The fraction of sp³-hybridized carbons (Fsp3) is 0.800. The van der Waals surface area contributed by atoms with Crippen LogP contribution in [0.5, 0.6) is 0 Å². The maximum absolute atomic E-state index is 9.76. The lowest BCUT2D eigenvalue weighted by molar-refractivity contribution is -0.127. The maximum atomic E-state index is 9.76. The van der Waals surface area contributed by atoms with Crippen molar-refractivity contribution in [3.05, 3.63) is 0 Å². The highest BCUT2D eigenvalue weighted by Gasteiger charge is 2.22. The molecule has 11 heavy (non-hydrogen) atoms. The van der Waals surface area contributed by atoms with Gasteiger partial charge in [-0.3, -0.25) is 0 Å². The summed E-state index contributed by atoms with van der Waals surface area (Å²) in [6, 6.07) is 0. The lowest BCUT2D eigenvalue weighted by Crippen LogP contribution is -2.40. The molecule has 4 N–H and O–H groups in total. The van der Waals surface area contributed by atoms with Crippen LogP contribution in [-0.2, 0) is 4.79 Å². The van der Waals surface area contributed by atoms with Crippen molar-refractivity contribution in [2.45, 2.75) is 18.3 Å². The standard InChI is InChI=1S/C5H10O5.Si/c6-1-3(8)5(10)4(9)2-7;/h1,3-5,7-10H,2H2;/t3-,4+,5+;/m0./s1. The molecule has 0 saturated heterocycles. The Balaban J connectivity index is 0. The summed E-state index contributed by atoms with van der Waals surface area (Å²) in [6.07, 6.45) is -4.63. The zero-order valence-corrected chi connectivity index (χ0v) is 6.71. The molecular weight excluding hydrogens is 168 g/mol. The first-order chi connectivity index (χ1) is 4.63. The second-order valence-corrected chi connectivity index (χ2v) is 1.87. The minimum Gasteiger partial charge on any atom is -0.394 e. The van der Waals surface area contributed by atoms with Crippen molar-refractivity contribution in [3.63, 3.8) is 0 Å². The SMILES string of the molecule is O=C[C@H](O)[C@@H](O)[C@H](O)CO.[Si]. The van der Waals surface area contributed by atoms with E-state index < -0.39 is 24.9 Å². The van der Waals surface area contributed by atoms with E-state index in [-0.39, 0.29) is 17.3 Å². The number of hydrogen-bond donors (Lipinski definition) is 4. The highest BCUT2D eigenvalue weighted by Crippen LogP contribution is 1.96. The molecular formula is C5H10O5Si. The first kappa shape index (κ1) is 13.3. The predicted molar refractivity (Wildman–Crippen MR) is 36.9 cm³/mol. The van der Waals surface area contributed by atoms with Crippen LogP contribution >= 0.6 is 0 Å². The number of hydrogen-bond acceptors (Lipinski definition) is 5. The van der Waals surface area contributed by atoms with Gasteiger partial charge in [0.05, 0.1) is 6.61 Å². The van der Waals surface area contributed by atoms with Gasteiger partial charge >= 0.3 is 0 Å². The van der Waals surface area contributed by atoms with E-state index in [9.17, 15) is 4.79 Å². The lowest BCUT2D eigenvalue weighted by atomic mass is 10.1. The summed E-state index contributed by atoms with van der Waals surface area (Å²) in [5.74, 6) is 0. The van der Waals surface area contributed by atoms with Crippen molar-refractivity contribution in [3.8, 4) is 0 Å². The smallest absolute Gasteiger partial charge is 0.151 e. The van der Waals surface area contributed by atoms with Gasteiger partial charge in [0.25, 0.3) is 0 Å². The van der Waals surface area contributed by atoms with Gasteiger partial charge in [-0.25, -0.2) is 0 Å². The highest BCUT2D eigenvalue weighted by molar-refractivity contribution is 5.75. The maximum Gasteiger partial charge on any atom is 0.151 e. The number of aliphatic hydroxyl groups is 4. The zero-order chi connectivity index (χ0) is 8.15. The third kappa shape index (κ3) is 4.22. The highest BCUT2D eigenvalue weighted by atomic mass is 28.1. The van der Waals surface area contributed by atoms with Gasteiger partial charge < -0.3 is 25.2 Å². The summed E-state index contributed by atoms with van der Waals surface area (Å²) in [5.41, 5.74) is 0. The van der Waals surface area contributed by atoms with Crippen LogP contribution in [0.3, 0.4) is 0 Å². The molecule has 4 radical (unpaired) electrons. The number of carbonyl (C=O) groups is 1. The van der Waals surface area contributed by atoms with Crippen LogP contribution in [0.1, 0.15) is 0 Å². The quantitative estimate of drug-likeness (QED) is 0.270. The van der Waals surface area contributed by atoms with Gasteiger partial charge in [-0.15, -0.1) is 0 Å². The van der Waals surface area contributed by atoms with Gasteiger partial charge in [0.1, 0.15) is 18.3 Å². The van der Waals surface area contributed by atoms with Crippen LogP contribution in [-0.4, -0.2) is 62.6 Å². The molecule has 0 fully saturated rings. The molecule has 3 atom stereocenters. The minimum absolute atomic E-state index is 0. The van der Waals surface area contributed by atoms with E-state index in [1.807, 2.05) is 0 Å². The van der Waals surface area contributed by atoms with Gasteiger partial charge in [0.2, 0.25) is 0 Å². The third-order valence-corrected chi connectivity index (χ3v) is 1.07. The van der Waals surface area contributed by atoms with Crippen molar-refractivity contribution in [2.24, 2.45) is 0 Å². The van der Waals surface area contributed by atoms with Crippen LogP contribution < -0.4 is 0 Å². The molecule has 0 amide bonds. The largest absolute Gasteiger partial charge is 0.394 e. The van der Waals surface area contributed by atoms with E-state index in [1.54, 1.807) is 0 Å². The van der Waals surface area contributed by atoms with E-state index in [0.717, 1.165) is 0 Å². The molecule has 0 saturated carbocycles. The summed E-state index contributed by atoms with van der Waals surface area (Å²) in [4.78, 5) is 9.76. The van der Waals surface area contributed by atoms with E-state index in [2.05, 4.69) is 0 Å². The molecule has 0 aliphatic rings. The topological polar surface area (TPSA) is 98.0 Å². The fourth-order valence-corrected chi connectivity index (χ4v) is 0.416. The first-order valence-electron chi connectivity index (χ1n) is 2.73. The van der Waals surface area contributed by atoms with Crippen LogP contribution in [0.2, 0.25) is 0 Å². The number of rotatable bonds is 4. The Labute approximate surface area is 68.3 Å².